The molecule has 0 saturated carbocycles. The smallest absolute Gasteiger partial charge is 0.151 e. The molecule has 3 saturated heterocycles. The van der Waals surface area contributed by atoms with E-state index in [1.165, 1.54) is 25.8 Å². The number of aryl methyl sites for hydroxylation is 1. The van der Waals surface area contributed by atoms with Crippen molar-refractivity contribution in [3.05, 3.63) is 30.1 Å². The van der Waals surface area contributed by atoms with E-state index in [1.54, 1.807) is 7.11 Å². The fourth-order valence-corrected chi connectivity index (χ4v) is 6.63. The summed E-state index contributed by atoms with van der Waals surface area (Å²) in [6, 6.07) is 8.05. The standard InChI is InChI=1S/C31H44N8O2/c1-4-25-31(35-21-10-15-41-16-11-21)37-28-24(18-34-30(32)29(28)36-25)20-5-6-26(27(17-20)40-3)38-13-8-23(9-14-38)39-12-7-22(19-39)33-2/h5-6,17-18,21-23,33H,4,7-16,19H2,1-3H3,(H2,32,34)(H,35,37)/t22-/m1/s1. The second kappa shape index (κ2) is 12.3. The van der Waals surface area contributed by atoms with Crippen LogP contribution in [-0.2, 0) is 11.2 Å². The van der Waals surface area contributed by atoms with Crippen LogP contribution in [0.4, 0.5) is 17.3 Å². The number of likely N-dealkylation sites (tertiary alicyclic amines) is 1. The summed E-state index contributed by atoms with van der Waals surface area (Å²) in [5.41, 5.74) is 11.6. The van der Waals surface area contributed by atoms with E-state index in [2.05, 4.69) is 57.6 Å². The maximum absolute atomic E-state index is 6.32. The average Bonchev–Trinajstić information content (AvgIpc) is 3.51. The predicted molar refractivity (Wildman–Crippen MR) is 165 cm³/mol. The Morgan fingerprint density at radius 2 is 1.83 bits per heavy atom. The van der Waals surface area contributed by atoms with Gasteiger partial charge < -0.3 is 30.7 Å². The molecule has 3 aliphatic heterocycles. The fraction of sp³-hybridized carbons (Fsp3) is 0.581. The van der Waals surface area contributed by atoms with E-state index in [1.807, 2.05) is 6.20 Å². The molecule has 5 heterocycles. The molecule has 1 atom stereocenters. The first-order chi connectivity index (χ1) is 20.1. The van der Waals surface area contributed by atoms with E-state index < -0.39 is 0 Å². The number of nitrogens with two attached hydrogens (primary N) is 1. The average molecular weight is 561 g/mol. The number of nitrogens with one attached hydrogen (secondary N) is 2. The molecule has 3 aliphatic rings. The first kappa shape index (κ1) is 27.9. The number of hydrogen-bond acceptors (Lipinski definition) is 10. The lowest BCUT2D eigenvalue weighted by Gasteiger charge is -2.38. The topological polar surface area (TPSA) is 114 Å². The number of nitrogens with zero attached hydrogens (tertiary/aromatic N) is 5. The third kappa shape index (κ3) is 5.78. The summed E-state index contributed by atoms with van der Waals surface area (Å²) in [5, 5.41) is 7.09. The molecule has 4 N–H and O–H groups in total. The van der Waals surface area contributed by atoms with Crippen LogP contribution in [0, 0.1) is 0 Å². The zero-order valence-corrected chi connectivity index (χ0v) is 24.7. The van der Waals surface area contributed by atoms with Crippen LogP contribution in [0.2, 0.25) is 0 Å². The van der Waals surface area contributed by atoms with Gasteiger partial charge in [0.2, 0.25) is 0 Å². The Labute approximate surface area is 243 Å². The van der Waals surface area contributed by atoms with Gasteiger partial charge in [-0.2, -0.15) is 0 Å². The van der Waals surface area contributed by atoms with Crippen molar-refractivity contribution < 1.29 is 9.47 Å². The monoisotopic (exact) mass is 560 g/mol. The minimum Gasteiger partial charge on any atom is -0.495 e. The van der Waals surface area contributed by atoms with E-state index in [0.29, 0.717) is 29.5 Å². The number of likely N-dealkylation sites (N-methyl/N-ethyl adjacent to an activating group) is 1. The third-order valence-corrected chi connectivity index (χ3v) is 9.14. The number of piperidine rings is 1. The van der Waals surface area contributed by atoms with Gasteiger partial charge in [0.25, 0.3) is 0 Å². The van der Waals surface area contributed by atoms with Gasteiger partial charge in [-0.1, -0.05) is 13.0 Å². The van der Waals surface area contributed by atoms with Crippen molar-refractivity contribution >= 4 is 28.4 Å². The van der Waals surface area contributed by atoms with Gasteiger partial charge in [-0.3, -0.25) is 4.90 Å². The molecule has 220 valence electrons. The molecule has 0 amide bonds. The lowest BCUT2D eigenvalue weighted by atomic mass is 10.0. The van der Waals surface area contributed by atoms with Crippen LogP contribution in [0.25, 0.3) is 22.2 Å². The molecule has 2 aromatic heterocycles. The molecule has 41 heavy (non-hydrogen) atoms. The van der Waals surface area contributed by atoms with Crippen molar-refractivity contribution in [2.75, 3.05) is 69.5 Å². The summed E-state index contributed by atoms with van der Waals surface area (Å²) < 4.78 is 11.5. The number of anilines is 3. The first-order valence-corrected chi connectivity index (χ1v) is 15.2. The summed E-state index contributed by atoms with van der Waals surface area (Å²) in [6.45, 7) is 8.04. The maximum atomic E-state index is 6.32. The van der Waals surface area contributed by atoms with Crippen molar-refractivity contribution in [1.82, 2.24) is 25.2 Å². The number of methoxy groups -OCH3 is 1. The minimum atomic E-state index is 0.321. The molecular weight excluding hydrogens is 516 g/mol. The van der Waals surface area contributed by atoms with Gasteiger partial charge >= 0.3 is 0 Å². The summed E-state index contributed by atoms with van der Waals surface area (Å²) >= 11 is 0. The number of pyridine rings is 1. The molecule has 0 bridgehead atoms. The summed E-state index contributed by atoms with van der Waals surface area (Å²) in [5.74, 6) is 2.08. The van der Waals surface area contributed by atoms with Crippen LogP contribution in [0.3, 0.4) is 0 Å². The zero-order valence-electron chi connectivity index (χ0n) is 24.7. The van der Waals surface area contributed by atoms with Crippen molar-refractivity contribution in [3.63, 3.8) is 0 Å². The van der Waals surface area contributed by atoms with E-state index in [0.717, 1.165) is 91.7 Å². The Balaban J connectivity index is 1.26. The SMILES string of the molecule is CCc1nc2c(N)ncc(-c3ccc(N4CCC(N5CC[C@@H](NC)C5)CC4)c(OC)c3)c2nc1NC1CCOCC1. The van der Waals surface area contributed by atoms with E-state index in [9.17, 15) is 0 Å². The van der Waals surface area contributed by atoms with Gasteiger partial charge in [0.15, 0.2) is 5.82 Å². The second-order valence-electron chi connectivity index (χ2n) is 11.5. The van der Waals surface area contributed by atoms with E-state index in [-0.39, 0.29) is 0 Å². The third-order valence-electron chi connectivity index (χ3n) is 9.14. The van der Waals surface area contributed by atoms with Gasteiger partial charge in [-0.25, -0.2) is 15.0 Å². The molecule has 3 fully saturated rings. The molecule has 10 heteroatoms. The highest BCUT2D eigenvalue weighted by Crippen LogP contribution is 2.38. The number of aromatic nitrogens is 3. The second-order valence-corrected chi connectivity index (χ2v) is 11.5. The van der Waals surface area contributed by atoms with E-state index >= 15 is 0 Å². The van der Waals surface area contributed by atoms with Gasteiger partial charge in [0.05, 0.1) is 18.5 Å². The van der Waals surface area contributed by atoms with Crippen LogP contribution in [0.5, 0.6) is 5.75 Å². The first-order valence-electron chi connectivity index (χ1n) is 15.2. The number of benzene rings is 1. The molecule has 0 unspecified atom stereocenters. The van der Waals surface area contributed by atoms with Crippen molar-refractivity contribution in [1.29, 1.82) is 0 Å². The molecular formula is C31H44N8O2. The Kier molecular flexibility index (Phi) is 8.41. The molecule has 0 aliphatic carbocycles. The van der Waals surface area contributed by atoms with Crippen molar-refractivity contribution in [3.8, 4) is 16.9 Å². The number of hydrogen-bond donors (Lipinski definition) is 3. The molecule has 3 aromatic rings. The van der Waals surface area contributed by atoms with E-state index in [4.69, 9.17) is 25.2 Å². The predicted octanol–water partition coefficient (Wildman–Crippen LogP) is 3.70. The quantitative estimate of drug-likeness (QED) is 0.377. The lowest BCUT2D eigenvalue weighted by Crippen LogP contribution is -2.45. The largest absolute Gasteiger partial charge is 0.495 e. The van der Waals surface area contributed by atoms with Gasteiger partial charge in [-0.05, 0) is 63.3 Å². The van der Waals surface area contributed by atoms with Crippen LogP contribution < -0.4 is 26.0 Å². The minimum absolute atomic E-state index is 0.321. The van der Waals surface area contributed by atoms with Gasteiger partial charge in [0.1, 0.15) is 22.6 Å². The number of nitrogen functional groups attached to an aromatic ring is 1. The number of rotatable bonds is 8. The number of ether oxygens (including phenoxy) is 2. The van der Waals surface area contributed by atoms with Crippen molar-refractivity contribution in [2.24, 2.45) is 0 Å². The molecule has 1 aromatic carbocycles. The fourth-order valence-electron chi connectivity index (χ4n) is 6.63. The Morgan fingerprint density at radius 1 is 1.02 bits per heavy atom. The van der Waals surface area contributed by atoms with Crippen LogP contribution >= 0.6 is 0 Å². The van der Waals surface area contributed by atoms with Gasteiger partial charge in [0, 0.05) is 69.3 Å². The molecule has 0 spiro atoms. The van der Waals surface area contributed by atoms with Crippen molar-refractivity contribution in [2.45, 2.75) is 63.6 Å². The molecule has 0 radical (unpaired) electrons. The summed E-state index contributed by atoms with van der Waals surface area (Å²) in [4.78, 5) is 19.7. The maximum Gasteiger partial charge on any atom is 0.151 e. The zero-order chi connectivity index (χ0) is 28.3. The molecule has 10 nitrogen and oxygen atoms in total. The molecule has 6 rings (SSSR count). The van der Waals surface area contributed by atoms with Gasteiger partial charge in [-0.15, -0.1) is 0 Å². The Hall–Kier alpha value is -3.21. The summed E-state index contributed by atoms with van der Waals surface area (Å²) in [7, 11) is 3.83. The van der Waals surface area contributed by atoms with Crippen LogP contribution in [0.15, 0.2) is 24.4 Å². The summed E-state index contributed by atoms with van der Waals surface area (Å²) in [6.07, 6.45) is 8.07. The highest BCUT2D eigenvalue weighted by Gasteiger charge is 2.31. The number of fused-ring (bicyclic) bond motifs is 1. The van der Waals surface area contributed by atoms with Crippen LogP contribution in [-0.4, -0.2) is 91.5 Å². The lowest BCUT2D eigenvalue weighted by molar-refractivity contribution is 0.0903. The highest BCUT2D eigenvalue weighted by atomic mass is 16.5. The normalized spacial score (nSPS) is 21.0. The highest BCUT2D eigenvalue weighted by molar-refractivity contribution is 5.97. The Morgan fingerprint density at radius 3 is 2.54 bits per heavy atom. The van der Waals surface area contributed by atoms with Crippen LogP contribution in [0.1, 0.15) is 44.7 Å². The Bertz CT molecular complexity index is 1350.